The van der Waals surface area contributed by atoms with Crippen LogP contribution in [0.15, 0.2) is 22.8 Å². The number of benzene rings is 1. The van der Waals surface area contributed by atoms with Crippen LogP contribution in [0.25, 0.3) is 10.9 Å². The molecule has 0 bridgehead atoms. The lowest BCUT2D eigenvalue weighted by Crippen LogP contribution is -1.91. The van der Waals surface area contributed by atoms with Crippen molar-refractivity contribution >= 4 is 38.4 Å². The van der Waals surface area contributed by atoms with Crippen LogP contribution in [-0.4, -0.2) is 4.98 Å². The van der Waals surface area contributed by atoms with Crippen LogP contribution in [0.5, 0.6) is 0 Å². The standard InChI is InChI=1S/C12H11BrClN/c1-3-8-6-9-4-5-10(14)7(2)11(9)15-12(8)13/h4-6H,3H2,1-2H3. The average Bonchev–Trinajstić information content (AvgIpc) is 2.24. The molecule has 15 heavy (non-hydrogen) atoms. The molecular weight excluding hydrogens is 273 g/mol. The maximum absolute atomic E-state index is 6.06. The highest BCUT2D eigenvalue weighted by Gasteiger charge is 2.06. The lowest BCUT2D eigenvalue weighted by molar-refractivity contribution is 1.10. The highest BCUT2D eigenvalue weighted by molar-refractivity contribution is 9.10. The summed E-state index contributed by atoms with van der Waals surface area (Å²) in [5.74, 6) is 0. The average molecular weight is 285 g/mol. The number of pyridine rings is 1. The fraction of sp³-hybridized carbons (Fsp3) is 0.250. The van der Waals surface area contributed by atoms with E-state index in [4.69, 9.17) is 11.6 Å². The smallest absolute Gasteiger partial charge is 0.110 e. The molecule has 0 radical (unpaired) electrons. The molecular formula is C12H11BrClN. The first-order chi connectivity index (χ1) is 7.13. The summed E-state index contributed by atoms with van der Waals surface area (Å²) in [5, 5.41) is 1.92. The number of rotatable bonds is 1. The number of halogens is 2. The molecule has 0 fully saturated rings. The third-order valence-electron chi connectivity index (χ3n) is 2.58. The maximum atomic E-state index is 6.06. The molecule has 0 atom stereocenters. The van der Waals surface area contributed by atoms with Gasteiger partial charge in [0, 0.05) is 10.4 Å². The van der Waals surface area contributed by atoms with Gasteiger partial charge in [0.1, 0.15) is 4.60 Å². The van der Waals surface area contributed by atoms with Crippen molar-refractivity contribution in [1.29, 1.82) is 0 Å². The van der Waals surface area contributed by atoms with Crippen molar-refractivity contribution in [1.82, 2.24) is 4.98 Å². The molecule has 1 nitrogen and oxygen atoms in total. The third-order valence-corrected chi connectivity index (χ3v) is 3.68. The Morgan fingerprint density at radius 2 is 2.13 bits per heavy atom. The van der Waals surface area contributed by atoms with Crippen molar-refractivity contribution in [3.05, 3.63) is 39.0 Å². The number of aromatic nitrogens is 1. The Morgan fingerprint density at radius 1 is 1.40 bits per heavy atom. The van der Waals surface area contributed by atoms with Gasteiger partial charge in [-0.05, 0) is 52.5 Å². The third kappa shape index (κ3) is 1.88. The van der Waals surface area contributed by atoms with Gasteiger partial charge in [0.2, 0.25) is 0 Å². The van der Waals surface area contributed by atoms with Gasteiger partial charge < -0.3 is 0 Å². The van der Waals surface area contributed by atoms with E-state index in [-0.39, 0.29) is 0 Å². The first-order valence-corrected chi connectivity index (χ1v) is 6.04. The molecule has 0 saturated heterocycles. The Kier molecular flexibility index (Phi) is 2.98. The molecule has 0 unspecified atom stereocenters. The largest absolute Gasteiger partial charge is 0.240 e. The quantitative estimate of drug-likeness (QED) is 0.702. The highest BCUT2D eigenvalue weighted by atomic mass is 79.9. The van der Waals surface area contributed by atoms with E-state index in [1.54, 1.807) is 0 Å². The van der Waals surface area contributed by atoms with E-state index < -0.39 is 0 Å². The summed E-state index contributed by atoms with van der Waals surface area (Å²) in [6.07, 6.45) is 0.977. The molecule has 1 aromatic heterocycles. The summed E-state index contributed by atoms with van der Waals surface area (Å²) in [5.41, 5.74) is 3.24. The van der Waals surface area contributed by atoms with Gasteiger partial charge in [-0.25, -0.2) is 4.98 Å². The molecule has 1 heterocycles. The van der Waals surface area contributed by atoms with Crippen LogP contribution >= 0.6 is 27.5 Å². The van der Waals surface area contributed by atoms with E-state index in [0.29, 0.717) is 0 Å². The molecule has 0 aliphatic heterocycles. The Bertz CT molecular complexity index is 523. The molecule has 78 valence electrons. The van der Waals surface area contributed by atoms with Crippen LogP contribution in [0.1, 0.15) is 18.1 Å². The first kappa shape index (κ1) is 10.9. The van der Waals surface area contributed by atoms with Gasteiger partial charge in [0.25, 0.3) is 0 Å². The van der Waals surface area contributed by atoms with Crippen molar-refractivity contribution in [3.63, 3.8) is 0 Å². The minimum absolute atomic E-state index is 0.770. The lowest BCUT2D eigenvalue weighted by atomic mass is 10.1. The van der Waals surface area contributed by atoms with Gasteiger partial charge in [-0.15, -0.1) is 0 Å². The normalized spacial score (nSPS) is 10.9. The monoisotopic (exact) mass is 283 g/mol. The highest BCUT2D eigenvalue weighted by Crippen LogP contribution is 2.27. The fourth-order valence-electron chi connectivity index (χ4n) is 1.63. The molecule has 0 aliphatic rings. The molecule has 0 spiro atoms. The van der Waals surface area contributed by atoms with Crippen molar-refractivity contribution in [2.24, 2.45) is 0 Å². The second-order valence-corrected chi connectivity index (χ2v) is 4.69. The van der Waals surface area contributed by atoms with Gasteiger partial charge in [0.05, 0.1) is 5.52 Å². The second-order valence-electron chi connectivity index (χ2n) is 3.54. The van der Waals surface area contributed by atoms with Crippen LogP contribution in [0.4, 0.5) is 0 Å². The molecule has 0 amide bonds. The molecule has 3 heteroatoms. The van der Waals surface area contributed by atoms with Gasteiger partial charge in [-0.1, -0.05) is 24.6 Å². The fourth-order valence-corrected chi connectivity index (χ4v) is 2.35. The summed E-state index contributed by atoms with van der Waals surface area (Å²) in [7, 11) is 0. The van der Waals surface area contributed by atoms with E-state index in [0.717, 1.165) is 32.5 Å². The van der Waals surface area contributed by atoms with Gasteiger partial charge >= 0.3 is 0 Å². The SMILES string of the molecule is CCc1cc2ccc(Cl)c(C)c2nc1Br. The molecule has 1 aromatic carbocycles. The number of fused-ring (bicyclic) bond motifs is 1. The Labute approximate surface area is 103 Å². The summed E-state index contributed by atoms with van der Waals surface area (Å²) in [6, 6.07) is 6.10. The summed E-state index contributed by atoms with van der Waals surface area (Å²) >= 11 is 9.54. The van der Waals surface area contributed by atoms with E-state index in [1.165, 1.54) is 5.56 Å². The van der Waals surface area contributed by atoms with E-state index in [9.17, 15) is 0 Å². The van der Waals surface area contributed by atoms with Crippen LogP contribution in [0, 0.1) is 6.92 Å². The molecule has 0 aliphatic carbocycles. The number of hydrogen-bond donors (Lipinski definition) is 0. The predicted molar refractivity (Wildman–Crippen MR) is 68.6 cm³/mol. The predicted octanol–water partition coefficient (Wildman–Crippen LogP) is 4.52. The first-order valence-electron chi connectivity index (χ1n) is 4.87. The van der Waals surface area contributed by atoms with Crippen LogP contribution in [0.3, 0.4) is 0 Å². The Hall–Kier alpha value is -0.600. The number of aryl methyl sites for hydroxylation is 2. The second kappa shape index (κ2) is 4.11. The Balaban J connectivity index is 2.81. The van der Waals surface area contributed by atoms with Crippen LogP contribution in [0.2, 0.25) is 5.02 Å². The minimum Gasteiger partial charge on any atom is -0.240 e. The van der Waals surface area contributed by atoms with Crippen LogP contribution < -0.4 is 0 Å². The van der Waals surface area contributed by atoms with E-state index in [2.05, 4.69) is 33.9 Å². The summed E-state index contributed by atoms with van der Waals surface area (Å²) < 4.78 is 0.919. The van der Waals surface area contributed by atoms with Gasteiger partial charge in [-0.3, -0.25) is 0 Å². The topological polar surface area (TPSA) is 12.9 Å². The van der Waals surface area contributed by atoms with Crippen molar-refractivity contribution in [3.8, 4) is 0 Å². The van der Waals surface area contributed by atoms with Crippen LogP contribution in [-0.2, 0) is 6.42 Å². The molecule has 0 saturated carbocycles. The van der Waals surface area contributed by atoms with Crippen molar-refractivity contribution in [2.75, 3.05) is 0 Å². The van der Waals surface area contributed by atoms with E-state index in [1.807, 2.05) is 19.1 Å². The molecule has 2 rings (SSSR count). The van der Waals surface area contributed by atoms with Gasteiger partial charge in [0.15, 0.2) is 0 Å². The zero-order valence-corrected chi connectivity index (χ0v) is 11.0. The summed E-state index contributed by atoms with van der Waals surface area (Å²) in [6.45, 7) is 4.12. The zero-order valence-electron chi connectivity index (χ0n) is 8.64. The van der Waals surface area contributed by atoms with Gasteiger partial charge in [-0.2, -0.15) is 0 Å². The van der Waals surface area contributed by atoms with E-state index >= 15 is 0 Å². The zero-order chi connectivity index (χ0) is 11.0. The summed E-state index contributed by atoms with van der Waals surface area (Å²) in [4.78, 5) is 4.54. The lowest BCUT2D eigenvalue weighted by Gasteiger charge is -2.07. The Morgan fingerprint density at radius 3 is 2.80 bits per heavy atom. The maximum Gasteiger partial charge on any atom is 0.110 e. The number of nitrogens with zero attached hydrogens (tertiary/aromatic N) is 1. The van der Waals surface area contributed by atoms with Crippen molar-refractivity contribution in [2.45, 2.75) is 20.3 Å². The minimum atomic E-state index is 0.770. The van der Waals surface area contributed by atoms with Crippen molar-refractivity contribution < 1.29 is 0 Å². The molecule has 0 N–H and O–H groups in total. The molecule has 2 aromatic rings. The number of hydrogen-bond acceptors (Lipinski definition) is 1.